The van der Waals surface area contributed by atoms with Gasteiger partial charge in [-0.05, 0) is 25.1 Å². The summed E-state index contributed by atoms with van der Waals surface area (Å²) in [6, 6.07) is 4.51. The van der Waals surface area contributed by atoms with Crippen LogP contribution >= 0.6 is 0 Å². The molecule has 0 fully saturated rings. The number of nitrogens with two attached hydrogens (primary N) is 1. The summed E-state index contributed by atoms with van der Waals surface area (Å²) in [6.07, 6.45) is -2.45. The summed E-state index contributed by atoms with van der Waals surface area (Å²) in [7, 11) is 0. The van der Waals surface area contributed by atoms with E-state index in [0.29, 0.717) is 17.8 Å². The number of nitrogens with one attached hydrogen (secondary N) is 2. The Labute approximate surface area is 98.2 Å². The van der Waals surface area contributed by atoms with E-state index < -0.39 is 13.0 Å². The summed E-state index contributed by atoms with van der Waals surface area (Å²) < 4.78 is 24.0. The molecule has 1 aromatic rings. The van der Waals surface area contributed by atoms with Gasteiger partial charge >= 0.3 is 0 Å². The summed E-state index contributed by atoms with van der Waals surface area (Å²) >= 11 is 0. The minimum Gasteiger partial charge on any atom is -0.397 e. The molecule has 6 heteroatoms. The van der Waals surface area contributed by atoms with E-state index >= 15 is 0 Å². The Kier molecular flexibility index (Phi) is 4.68. The first-order valence-electron chi connectivity index (χ1n) is 5.24. The number of hydrogen-bond donors (Lipinski definition) is 3. The van der Waals surface area contributed by atoms with Crippen molar-refractivity contribution in [2.24, 2.45) is 0 Å². The Morgan fingerprint density at radius 3 is 2.71 bits per heavy atom. The number of hydrogen-bond acceptors (Lipinski definition) is 3. The van der Waals surface area contributed by atoms with Gasteiger partial charge in [0.15, 0.2) is 0 Å². The number of anilines is 2. The molecule has 0 aromatic heterocycles. The molecule has 0 heterocycles. The number of alkyl halides is 2. The zero-order chi connectivity index (χ0) is 12.8. The molecule has 1 rings (SSSR count). The molecule has 0 radical (unpaired) electrons. The number of benzene rings is 1. The highest BCUT2D eigenvalue weighted by molar-refractivity contribution is 5.96. The van der Waals surface area contributed by atoms with Gasteiger partial charge in [0.05, 0.1) is 17.9 Å². The average molecular weight is 243 g/mol. The van der Waals surface area contributed by atoms with Gasteiger partial charge in [-0.3, -0.25) is 4.79 Å². The third-order valence-corrected chi connectivity index (χ3v) is 2.10. The van der Waals surface area contributed by atoms with Gasteiger partial charge in [-0.2, -0.15) is 0 Å². The molecule has 94 valence electrons. The zero-order valence-electron chi connectivity index (χ0n) is 9.47. The van der Waals surface area contributed by atoms with Gasteiger partial charge in [0.1, 0.15) is 0 Å². The van der Waals surface area contributed by atoms with Crippen molar-refractivity contribution in [2.45, 2.75) is 13.3 Å². The van der Waals surface area contributed by atoms with Crippen LogP contribution in [-0.2, 0) is 0 Å². The van der Waals surface area contributed by atoms with Crippen molar-refractivity contribution in [3.63, 3.8) is 0 Å². The minimum atomic E-state index is -2.45. The Balaban J connectivity index is 2.75. The fraction of sp³-hybridized carbons (Fsp3) is 0.364. The molecule has 0 aliphatic heterocycles. The second-order valence-electron chi connectivity index (χ2n) is 3.43. The Morgan fingerprint density at radius 2 is 2.18 bits per heavy atom. The molecule has 1 amide bonds. The summed E-state index contributed by atoms with van der Waals surface area (Å²) in [4.78, 5) is 11.5. The van der Waals surface area contributed by atoms with Crippen molar-refractivity contribution in [3.05, 3.63) is 23.8 Å². The van der Waals surface area contributed by atoms with Gasteiger partial charge in [-0.1, -0.05) is 0 Å². The van der Waals surface area contributed by atoms with Crippen LogP contribution in [0.25, 0.3) is 0 Å². The van der Waals surface area contributed by atoms with E-state index in [4.69, 9.17) is 5.73 Å². The van der Waals surface area contributed by atoms with Gasteiger partial charge in [0.25, 0.3) is 12.3 Å². The van der Waals surface area contributed by atoms with E-state index in [1.807, 2.05) is 0 Å². The minimum absolute atomic E-state index is 0.236. The first kappa shape index (κ1) is 13.2. The van der Waals surface area contributed by atoms with Gasteiger partial charge in [0.2, 0.25) is 0 Å². The normalized spacial score (nSPS) is 10.4. The van der Waals surface area contributed by atoms with Crippen LogP contribution in [0, 0.1) is 0 Å². The summed E-state index contributed by atoms with van der Waals surface area (Å²) in [5.41, 5.74) is 6.74. The van der Waals surface area contributed by atoms with Crippen molar-refractivity contribution in [1.82, 2.24) is 5.32 Å². The third-order valence-electron chi connectivity index (χ3n) is 2.10. The number of carbonyl (C=O) groups is 1. The number of halogens is 2. The van der Waals surface area contributed by atoms with E-state index in [9.17, 15) is 13.6 Å². The third kappa shape index (κ3) is 3.90. The van der Waals surface area contributed by atoms with Crippen LogP contribution in [0.5, 0.6) is 0 Å². The highest BCUT2D eigenvalue weighted by atomic mass is 19.3. The molecule has 0 saturated carbocycles. The van der Waals surface area contributed by atoms with Crippen molar-refractivity contribution in [2.75, 3.05) is 24.1 Å². The molecular weight excluding hydrogens is 228 g/mol. The second kappa shape index (κ2) is 6.03. The lowest BCUT2D eigenvalue weighted by atomic mass is 10.1. The van der Waals surface area contributed by atoms with Crippen LogP contribution in [0.1, 0.15) is 17.3 Å². The first-order valence-corrected chi connectivity index (χ1v) is 5.24. The van der Waals surface area contributed by atoms with Crippen molar-refractivity contribution in [1.29, 1.82) is 0 Å². The van der Waals surface area contributed by atoms with Crippen molar-refractivity contribution < 1.29 is 13.6 Å². The average Bonchev–Trinajstić information content (AvgIpc) is 2.27. The summed E-state index contributed by atoms with van der Waals surface area (Å²) in [5.74, 6) is -0.236. The van der Waals surface area contributed by atoms with Crippen LogP contribution in [0.4, 0.5) is 20.2 Å². The maximum Gasteiger partial charge on any atom is 0.255 e. The highest BCUT2D eigenvalue weighted by Crippen LogP contribution is 2.20. The number of rotatable bonds is 5. The molecule has 0 saturated heterocycles. The number of nitrogen functional groups attached to an aromatic ring is 1. The standard InChI is InChI=1S/C11H15F2N3O/c1-2-15-11(17)7-3-4-9(8(14)5-7)16-6-10(12)13/h3-5,10,16H,2,6,14H2,1H3,(H,15,17). The fourth-order valence-electron chi connectivity index (χ4n) is 1.31. The summed E-state index contributed by atoms with van der Waals surface area (Å²) in [5, 5.41) is 5.13. The molecule has 0 bridgehead atoms. The highest BCUT2D eigenvalue weighted by Gasteiger charge is 2.08. The maximum atomic E-state index is 12.0. The Bertz CT molecular complexity index is 396. The van der Waals surface area contributed by atoms with Crippen molar-refractivity contribution >= 4 is 17.3 Å². The molecule has 0 spiro atoms. The maximum absolute atomic E-state index is 12.0. The van der Waals surface area contributed by atoms with Gasteiger partial charge < -0.3 is 16.4 Å². The van der Waals surface area contributed by atoms with Crippen LogP contribution in [0.15, 0.2) is 18.2 Å². The van der Waals surface area contributed by atoms with Crippen molar-refractivity contribution in [3.8, 4) is 0 Å². The predicted octanol–water partition coefficient (Wildman–Crippen LogP) is 1.70. The topological polar surface area (TPSA) is 67.2 Å². The molecular formula is C11H15F2N3O. The lowest BCUT2D eigenvalue weighted by molar-refractivity contribution is 0.0956. The van der Waals surface area contributed by atoms with E-state index in [0.717, 1.165) is 0 Å². The largest absolute Gasteiger partial charge is 0.397 e. The Morgan fingerprint density at radius 1 is 1.47 bits per heavy atom. The second-order valence-corrected chi connectivity index (χ2v) is 3.43. The van der Waals surface area contributed by atoms with Gasteiger partial charge in [-0.15, -0.1) is 0 Å². The zero-order valence-corrected chi connectivity index (χ0v) is 9.47. The van der Waals surface area contributed by atoms with Crippen LogP contribution < -0.4 is 16.4 Å². The smallest absolute Gasteiger partial charge is 0.255 e. The van der Waals surface area contributed by atoms with Crippen LogP contribution in [-0.4, -0.2) is 25.4 Å². The number of carbonyl (C=O) groups excluding carboxylic acids is 1. The molecule has 0 aliphatic carbocycles. The molecule has 4 nitrogen and oxygen atoms in total. The summed E-state index contributed by atoms with van der Waals surface area (Å²) in [6.45, 7) is 1.86. The predicted molar refractivity (Wildman–Crippen MR) is 63.4 cm³/mol. The van der Waals surface area contributed by atoms with E-state index in [2.05, 4.69) is 10.6 Å². The molecule has 17 heavy (non-hydrogen) atoms. The molecule has 0 aliphatic rings. The number of amides is 1. The van der Waals surface area contributed by atoms with E-state index in [1.165, 1.54) is 18.2 Å². The fourth-order valence-corrected chi connectivity index (χ4v) is 1.31. The lowest BCUT2D eigenvalue weighted by Gasteiger charge is -2.10. The van der Waals surface area contributed by atoms with Crippen LogP contribution in [0.3, 0.4) is 0 Å². The SMILES string of the molecule is CCNC(=O)c1ccc(NCC(F)F)c(N)c1. The lowest BCUT2D eigenvalue weighted by Crippen LogP contribution is -2.22. The molecule has 1 aromatic carbocycles. The Hall–Kier alpha value is -1.85. The van der Waals surface area contributed by atoms with Gasteiger partial charge in [0, 0.05) is 12.1 Å². The van der Waals surface area contributed by atoms with Crippen LogP contribution in [0.2, 0.25) is 0 Å². The monoisotopic (exact) mass is 243 g/mol. The molecule has 0 unspecified atom stereocenters. The van der Waals surface area contributed by atoms with E-state index in [1.54, 1.807) is 6.92 Å². The molecule has 0 atom stereocenters. The van der Waals surface area contributed by atoms with Gasteiger partial charge in [-0.25, -0.2) is 8.78 Å². The first-order chi connectivity index (χ1) is 8.04. The van der Waals surface area contributed by atoms with E-state index in [-0.39, 0.29) is 11.6 Å². The quantitative estimate of drug-likeness (QED) is 0.689. The molecule has 4 N–H and O–H groups in total.